The zero-order chi connectivity index (χ0) is 14.5. The Morgan fingerprint density at radius 1 is 1.70 bits per heavy atom. The number of aromatic amines is 1. The quantitative estimate of drug-likeness (QED) is 0.507. The van der Waals surface area contributed by atoms with Crippen LogP contribution in [0.3, 0.4) is 0 Å². The van der Waals surface area contributed by atoms with Crippen LogP contribution in [0.1, 0.15) is 11.8 Å². The van der Waals surface area contributed by atoms with E-state index in [1.54, 1.807) is 0 Å². The lowest BCUT2D eigenvalue weighted by Crippen LogP contribution is -2.43. The maximum absolute atomic E-state index is 14.2. The van der Waals surface area contributed by atoms with E-state index in [9.17, 15) is 14.3 Å². The number of fused-ring (bicyclic) bond motifs is 1. The van der Waals surface area contributed by atoms with Gasteiger partial charge in [-0.1, -0.05) is 0 Å². The summed E-state index contributed by atoms with van der Waals surface area (Å²) in [7, 11) is 0. The van der Waals surface area contributed by atoms with E-state index >= 15 is 0 Å². The number of nitrogen functional groups attached to an aromatic ring is 1. The van der Waals surface area contributed by atoms with Gasteiger partial charge in [-0.3, -0.25) is 9.78 Å². The zero-order valence-corrected chi connectivity index (χ0v) is 10.2. The SMILES string of the molecule is Nc1nn2c([C@@H]3OCC(O)(CO)[C@H]3F)cnc2c(=O)[nH]1. The maximum atomic E-state index is 14.2. The molecule has 108 valence electrons. The van der Waals surface area contributed by atoms with Gasteiger partial charge in [0.15, 0.2) is 6.17 Å². The van der Waals surface area contributed by atoms with Crippen molar-refractivity contribution in [3.63, 3.8) is 0 Å². The molecule has 3 atom stereocenters. The number of nitrogens with zero attached hydrogens (tertiary/aromatic N) is 3. The fraction of sp³-hybridized carbons (Fsp3) is 0.500. The first-order valence-electron chi connectivity index (χ1n) is 5.78. The number of hydrogen-bond acceptors (Lipinski definition) is 7. The Hall–Kier alpha value is -2.04. The highest BCUT2D eigenvalue weighted by atomic mass is 19.1. The third-order valence-corrected chi connectivity index (χ3v) is 3.27. The van der Waals surface area contributed by atoms with Gasteiger partial charge in [-0.15, -0.1) is 5.10 Å². The molecule has 10 heteroatoms. The van der Waals surface area contributed by atoms with E-state index in [0.717, 1.165) is 4.52 Å². The number of aromatic nitrogens is 4. The summed E-state index contributed by atoms with van der Waals surface area (Å²) in [5, 5.41) is 22.7. The minimum absolute atomic E-state index is 0.0653. The van der Waals surface area contributed by atoms with Crippen LogP contribution in [0.5, 0.6) is 0 Å². The van der Waals surface area contributed by atoms with Gasteiger partial charge in [0.05, 0.1) is 25.1 Å². The molecule has 9 nitrogen and oxygen atoms in total. The number of hydrogen-bond donors (Lipinski definition) is 4. The summed E-state index contributed by atoms with van der Waals surface area (Å²) in [5.74, 6) is -0.160. The molecule has 2 aromatic heterocycles. The molecule has 0 spiro atoms. The Morgan fingerprint density at radius 3 is 3.10 bits per heavy atom. The maximum Gasteiger partial charge on any atom is 0.295 e. The fourth-order valence-corrected chi connectivity index (χ4v) is 2.17. The second kappa shape index (κ2) is 4.23. The normalized spacial score (nSPS) is 30.1. The van der Waals surface area contributed by atoms with Crippen molar-refractivity contribution in [2.75, 3.05) is 18.9 Å². The molecule has 20 heavy (non-hydrogen) atoms. The van der Waals surface area contributed by atoms with E-state index < -0.39 is 30.0 Å². The summed E-state index contributed by atoms with van der Waals surface area (Å²) >= 11 is 0. The van der Waals surface area contributed by atoms with Gasteiger partial charge >= 0.3 is 0 Å². The molecule has 0 aliphatic carbocycles. The van der Waals surface area contributed by atoms with Crippen molar-refractivity contribution in [3.05, 3.63) is 22.2 Å². The summed E-state index contributed by atoms with van der Waals surface area (Å²) in [5.41, 5.74) is 2.94. The van der Waals surface area contributed by atoms with E-state index in [4.69, 9.17) is 15.6 Å². The fourth-order valence-electron chi connectivity index (χ4n) is 2.17. The lowest BCUT2D eigenvalue weighted by atomic mass is 9.98. The third kappa shape index (κ3) is 1.69. The number of H-pyrrole nitrogens is 1. The van der Waals surface area contributed by atoms with Crippen LogP contribution >= 0.6 is 0 Å². The van der Waals surface area contributed by atoms with E-state index in [-0.39, 0.29) is 23.9 Å². The standard InChI is InChI=1S/C10H12FN5O4/c11-6-5(20-3-10(6,19)2-17)4-1-13-7-8(18)14-9(12)15-16(4)7/h1,5-6,17,19H,2-3H2,(H3,12,14,15,18)/t5-,6-,10?/m0/s1. The highest BCUT2D eigenvalue weighted by Crippen LogP contribution is 2.37. The van der Waals surface area contributed by atoms with Crippen molar-refractivity contribution in [3.8, 4) is 0 Å². The summed E-state index contributed by atoms with van der Waals surface area (Å²) in [6, 6.07) is 0. The first-order chi connectivity index (χ1) is 9.46. The highest BCUT2D eigenvalue weighted by Gasteiger charge is 2.51. The van der Waals surface area contributed by atoms with Gasteiger partial charge in [-0.05, 0) is 0 Å². The monoisotopic (exact) mass is 285 g/mol. The van der Waals surface area contributed by atoms with Gasteiger partial charge in [-0.2, -0.15) is 0 Å². The number of halogens is 1. The number of aliphatic hydroxyl groups is 2. The predicted molar refractivity (Wildman–Crippen MR) is 63.6 cm³/mol. The Bertz CT molecular complexity index is 715. The van der Waals surface area contributed by atoms with Gasteiger partial charge in [0, 0.05) is 0 Å². The third-order valence-electron chi connectivity index (χ3n) is 3.27. The number of imidazole rings is 1. The number of nitrogens with two attached hydrogens (primary N) is 1. The molecule has 0 radical (unpaired) electrons. The Kier molecular flexibility index (Phi) is 2.74. The van der Waals surface area contributed by atoms with Gasteiger partial charge in [-0.25, -0.2) is 13.9 Å². The molecule has 1 saturated heterocycles. The second-order valence-corrected chi connectivity index (χ2v) is 4.65. The van der Waals surface area contributed by atoms with Gasteiger partial charge < -0.3 is 20.7 Å². The number of alkyl halides is 1. The average Bonchev–Trinajstić information content (AvgIpc) is 2.93. The smallest absolute Gasteiger partial charge is 0.295 e. The lowest BCUT2D eigenvalue weighted by molar-refractivity contribution is -0.0532. The topological polar surface area (TPSA) is 139 Å². The number of nitrogens with one attached hydrogen (secondary N) is 1. The van der Waals surface area contributed by atoms with Crippen molar-refractivity contribution >= 4 is 11.6 Å². The van der Waals surface area contributed by atoms with Crippen LogP contribution in [0.25, 0.3) is 5.65 Å². The molecule has 1 aliphatic heterocycles. The van der Waals surface area contributed by atoms with Crippen LogP contribution < -0.4 is 11.3 Å². The van der Waals surface area contributed by atoms with E-state index in [1.165, 1.54) is 6.20 Å². The zero-order valence-electron chi connectivity index (χ0n) is 10.2. The van der Waals surface area contributed by atoms with E-state index in [1.807, 2.05) is 0 Å². The van der Waals surface area contributed by atoms with Crippen molar-refractivity contribution in [1.82, 2.24) is 19.6 Å². The molecular formula is C10H12FN5O4. The minimum atomic E-state index is -1.98. The van der Waals surface area contributed by atoms with Gasteiger partial charge in [0.2, 0.25) is 11.6 Å². The molecule has 3 heterocycles. The van der Waals surface area contributed by atoms with Crippen LogP contribution in [-0.2, 0) is 4.74 Å². The summed E-state index contributed by atoms with van der Waals surface area (Å²) < 4.78 is 20.4. The first kappa shape index (κ1) is 13.0. The molecule has 0 saturated carbocycles. The van der Waals surface area contributed by atoms with E-state index in [2.05, 4.69) is 15.1 Å². The van der Waals surface area contributed by atoms with Crippen LogP contribution in [0.15, 0.2) is 11.0 Å². The number of anilines is 1. The van der Waals surface area contributed by atoms with Crippen LogP contribution in [0.4, 0.5) is 10.3 Å². The molecule has 5 N–H and O–H groups in total. The van der Waals surface area contributed by atoms with Crippen molar-refractivity contribution in [1.29, 1.82) is 0 Å². The Labute approximate surface area is 110 Å². The summed E-state index contributed by atoms with van der Waals surface area (Å²) in [6.45, 7) is -1.15. The molecule has 0 aromatic carbocycles. The van der Waals surface area contributed by atoms with Crippen molar-refractivity contribution in [2.24, 2.45) is 0 Å². The Balaban J connectivity index is 2.10. The molecule has 3 rings (SSSR count). The number of rotatable bonds is 2. The molecular weight excluding hydrogens is 273 g/mol. The number of aliphatic hydroxyl groups excluding tert-OH is 1. The number of ether oxygens (including phenoxy) is 1. The van der Waals surface area contributed by atoms with E-state index in [0.29, 0.717) is 0 Å². The van der Waals surface area contributed by atoms with Crippen LogP contribution in [-0.4, -0.2) is 54.8 Å². The second-order valence-electron chi connectivity index (χ2n) is 4.65. The van der Waals surface area contributed by atoms with Crippen LogP contribution in [0.2, 0.25) is 0 Å². The van der Waals surface area contributed by atoms with Crippen molar-refractivity contribution < 1.29 is 19.3 Å². The van der Waals surface area contributed by atoms with Crippen LogP contribution in [0, 0.1) is 0 Å². The predicted octanol–water partition coefficient (Wildman–Crippen LogP) is -1.87. The van der Waals surface area contributed by atoms with Crippen molar-refractivity contribution in [2.45, 2.75) is 17.9 Å². The largest absolute Gasteiger partial charge is 0.393 e. The molecule has 0 bridgehead atoms. The van der Waals surface area contributed by atoms with Gasteiger partial charge in [0.25, 0.3) is 5.56 Å². The molecule has 2 aromatic rings. The highest BCUT2D eigenvalue weighted by molar-refractivity contribution is 5.39. The molecule has 1 aliphatic rings. The van der Waals surface area contributed by atoms with Gasteiger partial charge in [0.1, 0.15) is 11.7 Å². The average molecular weight is 285 g/mol. The summed E-state index contributed by atoms with van der Waals surface area (Å²) in [6.07, 6.45) is -1.86. The summed E-state index contributed by atoms with van der Waals surface area (Å²) in [4.78, 5) is 17.7. The molecule has 1 unspecified atom stereocenters. The minimum Gasteiger partial charge on any atom is -0.393 e. The first-order valence-corrected chi connectivity index (χ1v) is 5.78. The lowest BCUT2D eigenvalue weighted by Gasteiger charge is -2.21. The molecule has 1 fully saturated rings. The molecule has 0 amide bonds. The Morgan fingerprint density at radius 2 is 2.45 bits per heavy atom.